The van der Waals surface area contributed by atoms with Gasteiger partial charge in [0.15, 0.2) is 0 Å². The zero-order valence-electron chi connectivity index (χ0n) is 32.5. The SMILES string of the molecule is c1ccc(N=C2OC(c3ccc(N(c4ccccc4)c4ccccc4)cc3)=C3C(=Nc4ccccc4)OC(c4ccc(N(c5ccccc5)c5ccccc5)cc4)=C23)cc1. The molecule has 0 bridgehead atoms. The van der Waals surface area contributed by atoms with Crippen molar-refractivity contribution in [3.63, 3.8) is 0 Å². The molecular weight excluding hydrogens is 737 g/mol. The molecule has 0 aliphatic carbocycles. The molecule has 8 aromatic rings. The Morgan fingerprint density at radius 1 is 0.267 bits per heavy atom. The van der Waals surface area contributed by atoms with Gasteiger partial charge in [-0.15, -0.1) is 0 Å². The lowest BCUT2D eigenvalue weighted by Gasteiger charge is -2.25. The van der Waals surface area contributed by atoms with Gasteiger partial charge in [-0.25, -0.2) is 9.98 Å². The normalized spacial score (nSPS) is 14.5. The first-order chi connectivity index (χ1) is 29.8. The standard InChI is InChI=1S/C54H38N4O2/c1-7-19-41(20-8-1)55-53-49-50(52(59-53)40-33-37-48(38-34-40)58(45-27-15-5-16-28-45)46-29-17-6-18-30-46)54(56-42-21-9-2-10-22-42)60-51(49)39-31-35-47(36-32-39)57(43-23-11-3-12-24-43)44-25-13-4-14-26-44/h1-38H. The first-order valence-corrected chi connectivity index (χ1v) is 19.9. The molecule has 6 heteroatoms. The average Bonchev–Trinajstić information content (AvgIpc) is 3.88. The van der Waals surface area contributed by atoms with E-state index in [2.05, 4.69) is 155 Å². The second kappa shape index (κ2) is 16.3. The number of para-hydroxylation sites is 6. The number of nitrogens with zero attached hydrogens (tertiary/aromatic N) is 4. The van der Waals surface area contributed by atoms with Gasteiger partial charge < -0.3 is 19.3 Å². The summed E-state index contributed by atoms with van der Waals surface area (Å²) in [5.74, 6) is 2.13. The summed E-state index contributed by atoms with van der Waals surface area (Å²) >= 11 is 0. The molecule has 0 aromatic heterocycles. The quantitative estimate of drug-likeness (QED) is 0.139. The summed E-state index contributed by atoms with van der Waals surface area (Å²) in [6.07, 6.45) is 0. The highest BCUT2D eigenvalue weighted by atomic mass is 16.5. The third kappa shape index (κ3) is 7.25. The third-order valence-corrected chi connectivity index (χ3v) is 10.3. The Hall–Kier alpha value is -8.22. The Bertz CT molecular complexity index is 2580. The van der Waals surface area contributed by atoms with Gasteiger partial charge in [-0.2, -0.15) is 0 Å². The summed E-state index contributed by atoms with van der Waals surface area (Å²) in [4.78, 5) is 14.7. The van der Waals surface area contributed by atoms with Crippen molar-refractivity contribution in [2.24, 2.45) is 9.98 Å². The zero-order valence-corrected chi connectivity index (χ0v) is 32.5. The van der Waals surface area contributed by atoms with Gasteiger partial charge in [-0.1, -0.05) is 109 Å². The van der Waals surface area contributed by atoms with Gasteiger partial charge >= 0.3 is 0 Å². The number of aliphatic imine (C=N–C) groups is 2. The van der Waals surface area contributed by atoms with Crippen LogP contribution >= 0.6 is 0 Å². The monoisotopic (exact) mass is 774 g/mol. The van der Waals surface area contributed by atoms with Crippen molar-refractivity contribution in [1.82, 2.24) is 0 Å². The van der Waals surface area contributed by atoms with Gasteiger partial charge in [-0.3, -0.25) is 0 Å². The van der Waals surface area contributed by atoms with Crippen LogP contribution in [0.4, 0.5) is 45.5 Å². The molecule has 6 nitrogen and oxygen atoms in total. The average molecular weight is 775 g/mol. The number of anilines is 6. The maximum atomic E-state index is 6.87. The van der Waals surface area contributed by atoms with E-state index >= 15 is 0 Å². The van der Waals surface area contributed by atoms with Crippen molar-refractivity contribution in [2.75, 3.05) is 9.80 Å². The van der Waals surface area contributed by atoms with E-state index in [1.807, 2.05) is 84.9 Å². The smallest absolute Gasteiger partial charge is 0.231 e. The molecular formula is C54H38N4O2. The van der Waals surface area contributed by atoms with Crippen LogP contribution in [0.15, 0.2) is 252 Å². The van der Waals surface area contributed by atoms with Gasteiger partial charge in [0.25, 0.3) is 0 Å². The summed E-state index contributed by atoms with van der Waals surface area (Å²) in [7, 11) is 0. The van der Waals surface area contributed by atoms with E-state index in [1.54, 1.807) is 0 Å². The van der Waals surface area contributed by atoms with Crippen molar-refractivity contribution in [2.45, 2.75) is 0 Å². The summed E-state index contributed by atoms with van der Waals surface area (Å²) in [6, 6.07) is 78.1. The van der Waals surface area contributed by atoms with Crippen LogP contribution in [0.1, 0.15) is 11.1 Å². The van der Waals surface area contributed by atoms with Crippen molar-refractivity contribution >= 4 is 68.8 Å². The number of benzene rings is 8. The van der Waals surface area contributed by atoms with Gasteiger partial charge in [0.05, 0.1) is 22.5 Å². The van der Waals surface area contributed by atoms with Gasteiger partial charge in [0.2, 0.25) is 11.8 Å². The van der Waals surface area contributed by atoms with Crippen LogP contribution in [-0.2, 0) is 9.47 Å². The van der Waals surface area contributed by atoms with Crippen LogP contribution in [0.5, 0.6) is 0 Å². The Morgan fingerprint density at radius 2 is 0.517 bits per heavy atom. The fraction of sp³-hybridized carbons (Fsp3) is 0. The predicted octanol–water partition coefficient (Wildman–Crippen LogP) is 14.3. The molecule has 0 radical (unpaired) electrons. The highest BCUT2D eigenvalue weighted by Crippen LogP contribution is 2.47. The molecule has 0 spiro atoms. The highest BCUT2D eigenvalue weighted by molar-refractivity contribution is 6.28. The number of hydrogen-bond donors (Lipinski definition) is 0. The molecule has 0 amide bonds. The van der Waals surface area contributed by atoms with E-state index in [0.29, 0.717) is 23.3 Å². The Kier molecular flexibility index (Phi) is 9.84. The van der Waals surface area contributed by atoms with Crippen molar-refractivity contribution in [3.05, 3.63) is 253 Å². The van der Waals surface area contributed by atoms with Gasteiger partial charge in [-0.05, 0) is 121 Å². The Balaban J connectivity index is 1.11. The molecule has 0 atom stereocenters. The van der Waals surface area contributed by atoms with Crippen LogP contribution in [0.25, 0.3) is 11.5 Å². The lowest BCUT2D eigenvalue weighted by molar-refractivity contribution is 0.499. The molecule has 2 heterocycles. The summed E-state index contributed by atoms with van der Waals surface area (Å²) in [6.45, 7) is 0. The first kappa shape index (κ1) is 36.1. The maximum absolute atomic E-state index is 6.87. The molecule has 0 fully saturated rings. The van der Waals surface area contributed by atoms with Crippen LogP contribution in [0, 0.1) is 0 Å². The number of hydrogen-bond acceptors (Lipinski definition) is 6. The van der Waals surface area contributed by atoms with Gasteiger partial charge in [0, 0.05) is 45.3 Å². The minimum atomic E-state index is 0.443. The zero-order chi connectivity index (χ0) is 40.1. The molecule has 0 N–H and O–H groups in total. The Morgan fingerprint density at radius 3 is 0.800 bits per heavy atom. The Labute approximate surface area is 349 Å². The van der Waals surface area contributed by atoms with Crippen molar-refractivity contribution in [3.8, 4) is 0 Å². The lowest BCUT2D eigenvalue weighted by Crippen LogP contribution is -2.10. The maximum Gasteiger partial charge on any atom is 0.231 e. The second-order valence-electron chi connectivity index (χ2n) is 14.2. The van der Waals surface area contributed by atoms with Gasteiger partial charge in [0.1, 0.15) is 11.5 Å². The third-order valence-electron chi connectivity index (χ3n) is 10.3. The van der Waals surface area contributed by atoms with Crippen LogP contribution in [0.2, 0.25) is 0 Å². The highest BCUT2D eigenvalue weighted by Gasteiger charge is 2.43. The second-order valence-corrected chi connectivity index (χ2v) is 14.2. The molecule has 10 rings (SSSR count). The minimum absolute atomic E-state index is 0.443. The first-order valence-electron chi connectivity index (χ1n) is 19.9. The molecule has 0 unspecified atom stereocenters. The minimum Gasteiger partial charge on any atom is -0.437 e. The van der Waals surface area contributed by atoms with Crippen LogP contribution < -0.4 is 9.80 Å². The lowest BCUT2D eigenvalue weighted by atomic mass is 10.0. The largest absolute Gasteiger partial charge is 0.437 e. The molecule has 0 saturated carbocycles. The van der Waals surface area contributed by atoms with Crippen LogP contribution in [-0.4, -0.2) is 11.8 Å². The molecule has 286 valence electrons. The predicted molar refractivity (Wildman–Crippen MR) is 245 cm³/mol. The molecule has 60 heavy (non-hydrogen) atoms. The van der Waals surface area contributed by atoms with Crippen molar-refractivity contribution < 1.29 is 9.47 Å². The number of rotatable bonds is 10. The topological polar surface area (TPSA) is 49.7 Å². The van der Waals surface area contributed by atoms with E-state index in [0.717, 1.165) is 67.8 Å². The van der Waals surface area contributed by atoms with E-state index in [4.69, 9.17) is 19.5 Å². The van der Waals surface area contributed by atoms with E-state index < -0.39 is 0 Å². The van der Waals surface area contributed by atoms with E-state index in [9.17, 15) is 0 Å². The number of fused-ring (bicyclic) bond motifs is 1. The fourth-order valence-electron chi connectivity index (χ4n) is 7.56. The molecule has 0 saturated heterocycles. The van der Waals surface area contributed by atoms with Crippen LogP contribution in [0.3, 0.4) is 0 Å². The van der Waals surface area contributed by atoms with E-state index in [1.165, 1.54) is 0 Å². The van der Waals surface area contributed by atoms with E-state index in [-0.39, 0.29) is 0 Å². The molecule has 8 aromatic carbocycles. The molecule has 2 aliphatic rings. The molecule has 2 aliphatic heterocycles. The summed E-state index contributed by atoms with van der Waals surface area (Å²) < 4.78 is 13.7. The summed E-state index contributed by atoms with van der Waals surface area (Å²) in [5, 5.41) is 0. The number of ether oxygens (including phenoxy) is 2. The van der Waals surface area contributed by atoms with Crippen molar-refractivity contribution in [1.29, 1.82) is 0 Å². The summed E-state index contributed by atoms with van der Waals surface area (Å²) in [5.41, 5.74) is 11.0. The fourth-order valence-corrected chi connectivity index (χ4v) is 7.56.